The first-order valence-electron chi connectivity index (χ1n) is 6.91. The topological polar surface area (TPSA) is 49.4 Å². The summed E-state index contributed by atoms with van der Waals surface area (Å²) in [6.07, 6.45) is 0.399. The Bertz CT molecular complexity index is 561. The molecule has 21 heavy (non-hydrogen) atoms. The van der Waals surface area contributed by atoms with Gasteiger partial charge in [-0.15, -0.1) is 0 Å². The Balaban J connectivity index is 1.90. The maximum absolute atomic E-state index is 13.1. The number of carbonyl (C=O) groups is 2. The number of hydrogen-bond acceptors (Lipinski definition) is 2. The van der Waals surface area contributed by atoms with Gasteiger partial charge in [0, 0.05) is 37.0 Å². The van der Waals surface area contributed by atoms with E-state index in [1.807, 2.05) is 13.8 Å². The predicted molar refractivity (Wildman–Crippen MR) is 73.6 cm³/mol. The second-order valence-corrected chi connectivity index (χ2v) is 5.55. The monoisotopic (exact) mass is 296 g/mol. The number of carbonyl (C=O) groups excluding carboxylic acids is 2. The molecule has 1 saturated heterocycles. The highest BCUT2D eigenvalue weighted by Gasteiger charge is 2.31. The molecule has 0 aromatic heterocycles. The maximum atomic E-state index is 13.1. The maximum Gasteiger partial charge on any atom is 0.251 e. The van der Waals surface area contributed by atoms with Crippen molar-refractivity contribution in [3.05, 3.63) is 35.4 Å². The van der Waals surface area contributed by atoms with Crippen LogP contribution in [0.3, 0.4) is 0 Å². The Morgan fingerprint density at radius 2 is 2.10 bits per heavy atom. The molecule has 114 valence electrons. The van der Waals surface area contributed by atoms with Gasteiger partial charge in [0.05, 0.1) is 0 Å². The first kappa shape index (κ1) is 15.4. The van der Waals surface area contributed by atoms with Crippen LogP contribution in [0.4, 0.5) is 8.78 Å². The largest absolute Gasteiger partial charge is 0.352 e. The number of benzene rings is 1. The average molecular weight is 296 g/mol. The van der Waals surface area contributed by atoms with E-state index in [2.05, 4.69) is 5.32 Å². The van der Waals surface area contributed by atoms with E-state index in [1.54, 1.807) is 4.90 Å². The molecule has 1 unspecified atom stereocenters. The van der Waals surface area contributed by atoms with Gasteiger partial charge in [0.1, 0.15) is 0 Å². The van der Waals surface area contributed by atoms with Crippen molar-refractivity contribution in [2.75, 3.05) is 13.1 Å². The second-order valence-electron chi connectivity index (χ2n) is 5.55. The number of nitrogens with zero attached hydrogens (tertiary/aromatic N) is 1. The summed E-state index contributed by atoms with van der Waals surface area (Å²) < 4.78 is 25.9. The lowest BCUT2D eigenvalue weighted by Crippen LogP contribution is -2.34. The zero-order chi connectivity index (χ0) is 15.6. The Morgan fingerprint density at radius 1 is 1.38 bits per heavy atom. The summed E-state index contributed by atoms with van der Waals surface area (Å²) in [6.45, 7) is 4.83. The van der Waals surface area contributed by atoms with Crippen LogP contribution < -0.4 is 5.32 Å². The van der Waals surface area contributed by atoms with Crippen LogP contribution in [0.25, 0.3) is 0 Å². The van der Waals surface area contributed by atoms with Crippen LogP contribution in [0.1, 0.15) is 30.6 Å². The molecular weight excluding hydrogens is 278 g/mol. The Kier molecular flexibility index (Phi) is 4.55. The van der Waals surface area contributed by atoms with Gasteiger partial charge in [-0.1, -0.05) is 0 Å². The standard InChI is InChI=1S/C15H18F2N2O2/c1-9(2)19-8-10(5-14(19)20)7-18-15(21)11-3-4-12(16)13(17)6-11/h3-4,6,9-10H,5,7-8H2,1-2H3,(H,18,21). The fourth-order valence-electron chi connectivity index (χ4n) is 2.42. The molecule has 1 atom stereocenters. The number of hydrogen-bond donors (Lipinski definition) is 1. The van der Waals surface area contributed by atoms with Gasteiger partial charge >= 0.3 is 0 Å². The van der Waals surface area contributed by atoms with Crippen molar-refractivity contribution in [3.63, 3.8) is 0 Å². The van der Waals surface area contributed by atoms with Gasteiger partial charge in [-0.05, 0) is 32.0 Å². The lowest BCUT2D eigenvalue weighted by molar-refractivity contribution is -0.129. The van der Waals surface area contributed by atoms with Crippen molar-refractivity contribution in [3.8, 4) is 0 Å². The molecule has 6 heteroatoms. The molecule has 1 heterocycles. The van der Waals surface area contributed by atoms with E-state index in [0.717, 1.165) is 12.1 Å². The zero-order valence-electron chi connectivity index (χ0n) is 12.0. The molecule has 0 saturated carbocycles. The predicted octanol–water partition coefficient (Wildman–Crippen LogP) is 1.95. The first-order chi connectivity index (χ1) is 9.88. The Hall–Kier alpha value is -1.98. The summed E-state index contributed by atoms with van der Waals surface area (Å²) in [5, 5.41) is 2.66. The van der Waals surface area contributed by atoms with Gasteiger partial charge < -0.3 is 10.2 Å². The molecule has 1 aromatic carbocycles. The molecule has 1 aromatic rings. The summed E-state index contributed by atoms with van der Waals surface area (Å²) in [5.41, 5.74) is 0.0685. The molecule has 1 fully saturated rings. The van der Waals surface area contributed by atoms with E-state index in [4.69, 9.17) is 0 Å². The second kappa shape index (κ2) is 6.20. The van der Waals surface area contributed by atoms with Gasteiger partial charge in [0.15, 0.2) is 11.6 Å². The van der Waals surface area contributed by atoms with E-state index in [9.17, 15) is 18.4 Å². The van der Waals surface area contributed by atoms with Gasteiger partial charge in [-0.25, -0.2) is 8.78 Å². The fourth-order valence-corrected chi connectivity index (χ4v) is 2.42. The summed E-state index contributed by atoms with van der Waals surface area (Å²) in [6, 6.07) is 3.16. The molecule has 1 aliphatic rings. The lowest BCUT2D eigenvalue weighted by atomic mass is 10.1. The molecule has 4 nitrogen and oxygen atoms in total. The molecular formula is C15H18F2N2O2. The van der Waals surface area contributed by atoms with Crippen LogP contribution in [0.2, 0.25) is 0 Å². The van der Waals surface area contributed by atoms with Crippen molar-refractivity contribution in [1.82, 2.24) is 10.2 Å². The van der Waals surface area contributed by atoms with E-state index in [-0.39, 0.29) is 23.4 Å². The van der Waals surface area contributed by atoms with Crippen LogP contribution >= 0.6 is 0 Å². The van der Waals surface area contributed by atoms with Crippen molar-refractivity contribution < 1.29 is 18.4 Å². The summed E-state index contributed by atoms with van der Waals surface area (Å²) in [5.74, 6) is -2.37. The van der Waals surface area contributed by atoms with E-state index >= 15 is 0 Å². The minimum atomic E-state index is -1.05. The fraction of sp³-hybridized carbons (Fsp3) is 0.467. The number of nitrogens with one attached hydrogen (secondary N) is 1. The van der Waals surface area contributed by atoms with Crippen molar-refractivity contribution in [2.45, 2.75) is 26.3 Å². The smallest absolute Gasteiger partial charge is 0.251 e. The summed E-state index contributed by atoms with van der Waals surface area (Å²) in [4.78, 5) is 25.4. The lowest BCUT2D eigenvalue weighted by Gasteiger charge is -2.21. The summed E-state index contributed by atoms with van der Waals surface area (Å²) >= 11 is 0. The minimum Gasteiger partial charge on any atom is -0.352 e. The van der Waals surface area contributed by atoms with E-state index < -0.39 is 17.5 Å². The molecule has 0 aliphatic carbocycles. The third-order valence-electron chi connectivity index (χ3n) is 3.59. The van der Waals surface area contributed by atoms with Crippen LogP contribution in [-0.4, -0.2) is 35.8 Å². The van der Waals surface area contributed by atoms with E-state index in [0.29, 0.717) is 19.5 Å². The molecule has 2 rings (SSSR count). The third kappa shape index (κ3) is 3.56. The minimum absolute atomic E-state index is 0.0501. The van der Waals surface area contributed by atoms with Crippen molar-refractivity contribution in [1.29, 1.82) is 0 Å². The Labute approximate surface area is 122 Å². The molecule has 1 N–H and O–H groups in total. The van der Waals surface area contributed by atoms with Crippen LogP contribution in [0.15, 0.2) is 18.2 Å². The third-order valence-corrected chi connectivity index (χ3v) is 3.59. The SMILES string of the molecule is CC(C)N1CC(CNC(=O)c2ccc(F)c(F)c2)CC1=O. The average Bonchev–Trinajstić information content (AvgIpc) is 2.80. The quantitative estimate of drug-likeness (QED) is 0.923. The van der Waals surface area contributed by atoms with Crippen molar-refractivity contribution >= 4 is 11.8 Å². The van der Waals surface area contributed by atoms with Gasteiger partial charge in [0.25, 0.3) is 5.91 Å². The zero-order valence-corrected chi connectivity index (χ0v) is 12.0. The molecule has 2 amide bonds. The number of halogens is 2. The molecule has 0 spiro atoms. The van der Waals surface area contributed by atoms with Crippen LogP contribution in [0, 0.1) is 17.6 Å². The van der Waals surface area contributed by atoms with Gasteiger partial charge in [-0.3, -0.25) is 9.59 Å². The van der Waals surface area contributed by atoms with Crippen LogP contribution in [-0.2, 0) is 4.79 Å². The first-order valence-corrected chi connectivity index (χ1v) is 6.91. The highest BCUT2D eigenvalue weighted by Crippen LogP contribution is 2.19. The van der Waals surface area contributed by atoms with E-state index in [1.165, 1.54) is 6.07 Å². The molecule has 0 radical (unpaired) electrons. The van der Waals surface area contributed by atoms with Gasteiger partial charge in [0.2, 0.25) is 5.91 Å². The summed E-state index contributed by atoms with van der Waals surface area (Å²) in [7, 11) is 0. The number of likely N-dealkylation sites (tertiary alicyclic amines) is 1. The normalized spacial score (nSPS) is 18.4. The number of amides is 2. The number of rotatable bonds is 4. The van der Waals surface area contributed by atoms with Crippen LogP contribution in [0.5, 0.6) is 0 Å². The van der Waals surface area contributed by atoms with Gasteiger partial charge in [-0.2, -0.15) is 0 Å². The molecule has 1 aliphatic heterocycles. The van der Waals surface area contributed by atoms with Crippen molar-refractivity contribution in [2.24, 2.45) is 5.92 Å². The highest BCUT2D eigenvalue weighted by molar-refractivity contribution is 5.94. The highest BCUT2D eigenvalue weighted by atomic mass is 19.2. The Morgan fingerprint density at radius 3 is 2.67 bits per heavy atom. The molecule has 0 bridgehead atoms.